The summed E-state index contributed by atoms with van der Waals surface area (Å²) in [5, 5.41) is 10.0. The molecule has 3 nitrogen and oxygen atoms in total. The average Bonchev–Trinajstić information content (AvgIpc) is 2.15. The molecule has 1 N–H and O–H groups in total. The molecule has 0 saturated carbocycles. The lowest BCUT2D eigenvalue weighted by Gasteiger charge is -2.34. The minimum Gasteiger partial charge on any atom is -0.439 e. The molecule has 0 radical (unpaired) electrons. The Morgan fingerprint density at radius 3 is 2.87 bits per heavy atom. The lowest BCUT2D eigenvalue weighted by atomic mass is 10.0. The maximum absolute atomic E-state index is 10.0. The fourth-order valence-corrected chi connectivity index (χ4v) is 1.78. The Morgan fingerprint density at radius 2 is 2.13 bits per heavy atom. The van der Waals surface area contributed by atoms with Crippen LogP contribution in [0.15, 0.2) is 24.3 Å². The molecule has 82 valence electrons. The third kappa shape index (κ3) is 2.30. The summed E-state index contributed by atoms with van der Waals surface area (Å²) in [6.45, 7) is 3.75. The normalized spacial score (nSPS) is 24.8. The first kappa shape index (κ1) is 10.5. The van der Waals surface area contributed by atoms with Crippen molar-refractivity contribution in [3.8, 4) is 5.75 Å². The molecule has 2 rings (SSSR count). The van der Waals surface area contributed by atoms with Gasteiger partial charge in [0.1, 0.15) is 5.75 Å². The number of aryl methyl sites for hydroxylation is 1. The van der Waals surface area contributed by atoms with E-state index in [1.165, 1.54) is 0 Å². The molecule has 1 aliphatic heterocycles. The lowest BCUT2D eigenvalue weighted by Crippen LogP contribution is -2.43. The first-order valence-electron chi connectivity index (χ1n) is 5.26. The van der Waals surface area contributed by atoms with Gasteiger partial charge in [-0.2, -0.15) is 0 Å². The maximum Gasteiger partial charge on any atom is 0.324 e. The van der Waals surface area contributed by atoms with Crippen LogP contribution in [0.25, 0.3) is 0 Å². The van der Waals surface area contributed by atoms with Gasteiger partial charge in [-0.1, -0.05) is 18.2 Å². The van der Waals surface area contributed by atoms with Crippen molar-refractivity contribution >= 4 is 0 Å². The van der Waals surface area contributed by atoms with E-state index in [9.17, 15) is 5.11 Å². The number of rotatable bonds is 2. The molecule has 3 heteroatoms. The van der Waals surface area contributed by atoms with E-state index in [4.69, 9.17) is 9.47 Å². The standard InChI is InChI=1S/C12H16O3/c1-9(2)14-12(13)8-7-10-5-3-4-6-11(10)15-12/h3-6,9,13H,7-8H2,1-2H3. The summed E-state index contributed by atoms with van der Waals surface area (Å²) in [7, 11) is 0. The Hall–Kier alpha value is -1.06. The SMILES string of the molecule is CC(C)OC1(O)CCc2ccccc2O1. The molecule has 0 aliphatic carbocycles. The van der Waals surface area contributed by atoms with Crippen LogP contribution < -0.4 is 4.74 Å². The lowest BCUT2D eigenvalue weighted by molar-refractivity contribution is -0.339. The fraction of sp³-hybridized carbons (Fsp3) is 0.500. The number of ether oxygens (including phenoxy) is 2. The molecule has 0 fully saturated rings. The topological polar surface area (TPSA) is 38.7 Å². The summed E-state index contributed by atoms with van der Waals surface area (Å²) in [4.78, 5) is 0. The summed E-state index contributed by atoms with van der Waals surface area (Å²) in [5.74, 6) is -0.741. The van der Waals surface area contributed by atoms with Crippen LogP contribution in [-0.2, 0) is 11.2 Å². The summed E-state index contributed by atoms with van der Waals surface area (Å²) >= 11 is 0. The van der Waals surface area contributed by atoms with Crippen molar-refractivity contribution in [1.82, 2.24) is 0 Å². The molecule has 1 heterocycles. The molecule has 1 aromatic carbocycles. The molecule has 1 aliphatic rings. The molecular formula is C12H16O3. The first-order valence-corrected chi connectivity index (χ1v) is 5.26. The van der Waals surface area contributed by atoms with Crippen molar-refractivity contribution in [3.63, 3.8) is 0 Å². The summed E-state index contributed by atoms with van der Waals surface area (Å²) in [6.07, 6.45) is 1.20. The van der Waals surface area contributed by atoms with Gasteiger partial charge in [-0.3, -0.25) is 0 Å². The summed E-state index contributed by atoms with van der Waals surface area (Å²) in [5.41, 5.74) is 1.12. The highest BCUT2D eigenvalue weighted by Gasteiger charge is 2.35. The van der Waals surface area contributed by atoms with Crippen LogP contribution in [0.1, 0.15) is 25.8 Å². The number of benzene rings is 1. The molecule has 15 heavy (non-hydrogen) atoms. The minimum absolute atomic E-state index is 0.0553. The minimum atomic E-state index is -1.46. The van der Waals surface area contributed by atoms with Gasteiger partial charge >= 0.3 is 5.97 Å². The zero-order chi connectivity index (χ0) is 10.9. The van der Waals surface area contributed by atoms with E-state index in [0.717, 1.165) is 12.0 Å². The second kappa shape index (κ2) is 3.83. The maximum atomic E-state index is 10.0. The van der Waals surface area contributed by atoms with Crippen LogP contribution in [0.3, 0.4) is 0 Å². The van der Waals surface area contributed by atoms with Gasteiger partial charge in [0, 0.05) is 6.42 Å². The molecule has 0 amide bonds. The number of hydrogen-bond donors (Lipinski definition) is 1. The second-order valence-corrected chi connectivity index (χ2v) is 4.09. The third-order valence-electron chi connectivity index (χ3n) is 2.37. The number of para-hydroxylation sites is 1. The molecule has 1 aromatic rings. The van der Waals surface area contributed by atoms with Gasteiger partial charge in [0.15, 0.2) is 0 Å². The van der Waals surface area contributed by atoms with E-state index in [-0.39, 0.29) is 6.10 Å². The van der Waals surface area contributed by atoms with Crippen molar-refractivity contribution in [2.75, 3.05) is 0 Å². The van der Waals surface area contributed by atoms with Crippen LogP contribution in [-0.4, -0.2) is 17.2 Å². The van der Waals surface area contributed by atoms with E-state index in [1.54, 1.807) is 0 Å². The third-order valence-corrected chi connectivity index (χ3v) is 2.37. The zero-order valence-corrected chi connectivity index (χ0v) is 9.06. The van der Waals surface area contributed by atoms with Crippen molar-refractivity contribution in [2.45, 2.75) is 38.8 Å². The summed E-state index contributed by atoms with van der Waals surface area (Å²) < 4.78 is 10.8. The van der Waals surface area contributed by atoms with Gasteiger partial charge in [0.05, 0.1) is 6.10 Å². The number of hydrogen-bond acceptors (Lipinski definition) is 3. The monoisotopic (exact) mass is 208 g/mol. The highest BCUT2D eigenvalue weighted by atomic mass is 16.8. The van der Waals surface area contributed by atoms with Gasteiger partial charge in [0.2, 0.25) is 0 Å². The highest BCUT2D eigenvalue weighted by Crippen LogP contribution is 2.32. The van der Waals surface area contributed by atoms with Gasteiger partial charge in [-0.25, -0.2) is 0 Å². The Morgan fingerprint density at radius 1 is 1.40 bits per heavy atom. The van der Waals surface area contributed by atoms with E-state index < -0.39 is 5.97 Å². The Bertz CT molecular complexity index is 348. The van der Waals surface area contributed by atoms with Crippen molar-refractivity contribution in [2.24, 2.45) is 0 Å². The van der Waals surface area contributed by atoms with Gasteiger partial charge < -0.3 is 14.6 Å². The Labute approximate surface area is 89.6 Å². The van der Waals surface area contributed by atoms with E-state index in [0.29, 0.717) is 12.2 Å². The highest BCUT2D eigenvalue weighted by molar-refractivity contribution is 5.35. The van der Waals surface area contributed by atoms with Crippen molar-refractivity contribution < 1.29 is 14.6 Å². The van der Waals surface area contributed by atoms with Crippen LogP contribution >= 0.6 is 0 Å². The quantitative estimate of drug-likeness (QED) is 0.756. The molecule has 0 saturated heterocycles. The van der Waals surface area contributed by atoms with E-state index >= 15 is 0 Å². The van der Waals surface area contributed by atoms with Crippen LogP contribution in [0.2, 0.25) is 0 Å². The van der Waals surface area contributed by atoms with Gasteiger partial charge in [-0.15, -0.1) is 0 Å². The summed E-state index contributed by atoms with van der Waals surface area (Å²) in [6, 6.07) is 7.71. The molecule has 0 spiro atoms. The molecule has 1 atom stereocenters. The van der Waals surface area contributed by atoms with Gasteiger partial charge in [-0.05, 0) is 31.9 Å². The number of aliphatic hydroxyl groups is 1. The van der Waals surface area contributed by atoms with Crippen LogP contribution in [0, 0.1) is 0 Å². The zero-order valence-electron chi connectivity index (χ0n) is 9.06. The predicted molar refractivity (Wildman–Crippen MR) is 56.6 cm³/mol. The number of fused-ring (bicyclic) bond motifs is 1. The second-order valence-electron chi connectivity index (χ2n) is 4.09. The largest absolute Gasteiger partial charge is 0.439 e. The Kier molecular flexibility index (Phi) is 2.67. The van der Waals surface area contributed by atoms with Crippen LogP contribution in [0.4, 0.5) is 0 Å². The predicted octanol–water partition coefficient (Wildman–Crippen LogP) is 2.08. The average molecular weight is 208 g/mol. The molecule has 0 aromatic heterocycles. The molecule has 0 bridgehead atoms. The van der Waals surface area contributed by atoms with E-state index in [1.807, 2.05) is 38.1 Å². The molecule has 1 unspecified atom stereocenters. The van der Waals surface area contributed by atoms with Crippen molar-refractivity contribution in [3.05, 3.63) is 29.8 Å². The van der Waals surface area contributed by atoms with Gasteiger partial charge in [0.25, 0.3) is 0 Å². The first-order chi connectivity index (χ1) is 7.09. The van der Waals surface area contributed by atoms with E-state index in [2.05, 4.69) is 0 Å². The van der Waals surface area contributed by atoms with Crippen LogP contribution in [0.5, 0.6) is 5.75 Å². The fourth-order valence-electron chi connectivity index (χ4n) is 1.78. The molecular weight excluding hydrogens is 192 g/mol. The Balaban J connectivity index is 2.17. The van der Waals surface area contributed by atoms with Crippen molar-refractivity contribution in [1.29, 1.82) is 0 Å². The smallest absolute Gasteiger partial charge is 0.324 e.